The van der Waals surface area contributed by atoms with Crippen LogP contribution in [-0.2, 0) is 0 Å². The maximum atomic E-state index is 6.75. The van der Waals surface area contributed by atoms with E-state index < -0.39 is 0 Å². The molecule has 1 atom stereocenters. The third-order valence-electron chi connectivity index (χ3n) is 10.1. The minimum Gasteiger partial charge on any atom is -0.455 e. The van der Waals surface area contributed by atoms with Crippen LogP contribution in [0.4, 0.5) is 17.1 Å². The van der Waals surface area contributed by atoms with E-state index in [0.29, 0.717) is 0 Å². The van der Waals surface area contributed by atoms with Gasteiger partial charge in [-0.05, 0) is 70.9 Å². The molecule has 4 heteroatoms. The number of hydrogen-bond acceptors (Lipinski definition) is 4. The molecule has 7 aromatic carbocycles. The van der Waals surface area contributed by atoms with E-state index in [0.717, 1.165) is 78.4 Å². The van der Waals surface area contributed by atoms with Crippen molar-refractivity contribution in [2.75, 3.05) is 4.90 Å². The summed E-state index contributed by atoms with van der Waals surface area (Å²) in [5.41, 5.74) is 12.2. The van der Waals surface area contributed by atoms with Crippen molar-refractivity contribution in [3.8, 4) is 11.1 Å². The third-order valence-corrected chi connectivity index (χ3v) is 10.1. The Bertz CT molecular complexity index is 2750. The van der Waals surface area contributed by atoms with E-state index in [4.69, 9.17) is 9.41 Å². The molecule has 0 spiro atoms. The molecule has 0 saturated carbocycles. The van der Waals surface area contributed by atoms with Gasteiger partial charge in [-0.25, -0.2) is 4.99 Å². The molecule has 1 aliphatic heterocycles. The van der Waals surface area contributed by atoms with Gasteiger partial charge in [0, 0.05) is 44.5 Å². The van der Waals surface area contributed by atoms with Crippen LogP contribution in [0.15, 0.2) is 198 Å². The highest BCUT2D eigenvalue weighted by molar-refractivity contribution is 6.18. The second-order valence-electron chi connectivity index (χ2n) is 13.2. The Morgan fingerprint density at radius 2 is 1.25 bits per heavy atom. The van der Waals surface area contributed by atoms with E-state index in [1.807, 2.05) is 18.2 Å². The maximum Gasteiger partial charge on any atom is 0.143 e. The lowest BCUT2D eigenvalue weighted by atomic mass is 9.93. The highest BCUT2D eigenvalue weighted by Gasteiger charge is 2.27. The van der Waals surface area contributed by atoms with E-state index >= 15 is 0 Å². The third kappa shape index (κ3) is 5.12. The lowest BCUT2D eigenvalue weighted by Gasteiger charge is -2.28. The van der Waals surface area contributed by atoms with Crippen molar-refractivity contribution in [3.63, 3.8) is 0 Å². The van der Waals surface area contributed by atoms with Gasteiger partial charge in [-0.15, -0.1) is 0 Å². The molecule has 2 aliphatic rings. The first kappa shape index (κ1) is 30.0. The summed E-state index contributed by atoms with van der Waals surface area (Å²) in [5, 5.41) is 8.44. The van der Waals surface area contributed by atoms with Gasteiger partial charge in [0.1, 0.15) is 11.2 Å². The average molecular weight is 668 g/mol. The predicted molar refractivity (Wildman–Crippen MR) is 217 cm³/mol. The molecule has 10 rings (SSSR count). The van der Waals surface area contributed by atoms with Crippen molar-refractivity contribution in [2.45, 2.75) is 6.04 Å². The Labute approximate surface area is 302 Å². The summed E-state index contributed by atoms with van der Waals surface area (Å²) in [6, 6.07) is 57.7. The van der Waals surface area contributed by atoms with Crippen molar-refractivity contribution < 1.29 is 4.42 Å². The number of nitrogens with one attached hydrogen (secondary N) is 1. The zero-order chi connectivity index (χ0) is 34.4. The van der Waals surface area contributed by atoms with Crippen molar-refractivity contribution in [2.24, 2.45) is 4.99 Å². The number of furan rings is 1. The molecule has 246 valence electrons. The normalized spacial score (nSPS) is 15.2. The Kier molecular flexibility index (Phi) is 7.17. The highest BCUT2D eigenvalue weighted by atomic mass is 16.3. The van der Waals surface area contributed by atoms with E-state index in [1.165, 1.54) is 10.8 Å². The van der Waals surface area contributed by atoms with Crippen LogP contribution in [-0.4, -0.2) is 11.8 Å². The molecule has 0 fully saturated rings. The van der Waals surface area contributed by atoms with Gasteiger partial charge in [0.15, 0.2) is 0 Å². The Morgan fingerprint density at radius 3 is 2.10 bits per heavy atom. The van der Waals surface area contributed by atoms with E-state index in [2.05, 4.69) is 180 Å². The molecule has 0 bridgehead atoms. The summed E-state index contributed by atoms with van der Waals surface area (Å²) in [6.45, 7) is 0. The molecular weight excluding hydrogens is 635 g/mol. The fraction of sp³-hybridized carbons (Fsp3) is 0.0208. The molecule has 0 saturated heterocycles. The van der Waals surface area contributed by atoms with Crippen LogP contribution in [0.2, 0.25) is 0 Å². The number of fused-ring (bicyclic) bond motifs is 5. The molecule has 1 aromatic heterocycles. The van der Waals surface area contributed by atoms with Crippen molar-refractivity contribution in [1.82, 2.24) is 5.32 Å². The van der Waals surface area contributed by atoms with Gasteiger partial charge in [0.05, 0.1) is 23.1 Å². The Hall–Kier alpha value is -6.91. The second kappa shape index (κ2) is 12.4. The topological polar surface area (TPSA) is 40.8 Å². The number of anilines is 3. The summed E-state index contributed by atoms with van der Waals surface area (Å²) in [4.78, 5) is 7.55. The van der Waals surface area contributed by atoms with Gasteiger partial charge in [-0.3, -0.25) is 0 Å². The van der Waals surface area contributed by atoms with E-state index in [9.17, 15) is 0 Å². The van der Waals surface area contributed by atoms with Gasteiger partial charge >= 0.3 is 0 Å². The molecular formula is C48H33N3O. The largest absolute Gasteiger partial charge is 0.455 e. The Morgan fingerprint density at radius 1 is 0.558 bits per heavy atom. The van der Waals surface area contributed by atoms with Crippen molar-refractivity contribution in [3.05, 3.63) is 199 Å². The number of hydrogen-bond donors (Lipinski definition) is 1. The lowest BCUT2D eigenvalue weighted by Crippen LogP contribution is -2.37. The molecule has 1 unspecified atom stereocenters. The number of benzene rings is 7. The smallest absolute Gasteiger partial charge is 0.143 e. The highest BCUT2D eigenvalue weighted by Crippen LogP contribution is 2.43. The molecule has 52 heavy (non-hydrogen) atoms. The molecule has 0 amide bonds. The number of nitrogens with zero attached hydrogens (tertiary/aromatic N) is 2. The van der Waals surface area contributed by atoms with Crippen LogP contribution in [0, 0.1) is 0 Å². The standard InChI is InChI=1S/C48H33N3O/c1-3-14-34(15-4-1)46-47(50-43-21-11-10-20-42(43)49-46)41-30-29-39(48-45(41)40-19-9-12-22-44(40)52-48)33-24-26-37(27-25-33)51(36-17-5-2-6-18-36)38-28-23-32-13-7-8-16-35(32)31-38/h1-31,43,50H. The summed E-state index contributed by atoms with van der Waals surface area (Å²) in [5.74, 6) is 0. The summed E-state index contributed by atoms with van der Waals surface area (Å²) in [7, 11) is 0. The van der Waals surface area contributed by atoms with Gasteiger partial charge in [-0.1, -0.05) is 133 Å². The molecule has 1 N–H and O–H groups in total. The molecule has 1 aliphatic carbocycles. The van der Waals surface area contributed by atoms with Crippen LogP contribution in [0.25, 0.3) is 55.2 Å². The minimum atomic E-state index is -0.0111. The summed E-state index contributed by atoms with van der Waals surface area (Å²) < 4.78 is 6.75. The minimum absolute atomic E-state index is 0.0111. The zero-order valence-corrected chi connectivity index (χ0v) is 28.3. The van der Waals surface area contributed by atoms with Gasteiger partial charge in [0.25, 0.3) is 0 Å². The monoisotopic (exact) mass is 667 g/mol. The predicted octanol–water partition coefficient (Wildman–Crippen LogP) is 12.2. The lowest BCUT2D eigenvalue weighted by molar-refractivity contribution is 0.670. The van der Waals surface area contributed by atoms with Gasteiger partial charge < -0.3 is 14.6 Å². The molecule has 8 aromatic rings. The van der Waals surface area contributed by atoms with Crippen LogP contribution < -0.4 is 10.2 Å². The first-order chi connectivity index (χ1) is 25.8. The van der Waals surface area contributed by atoms with E-state index in [-0.39, 0.29) is 6.04 Å². The number of allylic oxidation sites excluding steroid dienone is 2. The SMILES string of the molecule is C1=CC2=NC(c3ccccc3)=C(c3ccc(-c4ccc(N(c5ccccc5)c5ccc6ccccc6c5)cc4)c4oc5ccccc5c34)NC2C=C1. The molecule has 0 radical (unpaired) electrons. The van der Waals surface area contributed by atoms with Crippen LogP contribution in [0.5, 0.6) is 0 Å². The second-order valence-corrected chi connectivity index (χ2v) is 13.2. The molecule has 4 nitrogen and oxygen atoms in total. The summed E-state index contributed by atoms with van der Waals surface area (Å²) >= 11 is 0. The van der Waals surface area contributed by atoms with Crippen LogP contribution in [0.1, 0.15) is 11.1 Å². The fourth-order valence-electron chi connectivity index (χ4n) is 7.57. The fourth-order valence-corrected chi connectivity index (χ4v) is 7.57. The van der Waals surface area contributed by atoms with Crippen molar-refractivity contribution in [1.29, 1.82) is 0 Å². The number of aliphatic imine (C=N–C) groups is 1. The average Bonchev–Trinajstić information content (AvgIpc) is 3.61. The van der Waals surface area contributed by atoms with Gasteiger partial charge in [-0.2, -0.15) is 0 Å². The quantitative estimate of drug-likeness (QED) is 0.192. The summed E-state index contributed by atoms with van der Waals surface area (Å²) in [6.07, 6.45) is 8.38. The van der Waals surface area contributed by atoms with E-state index in [1.54, 1.807) is 0 Å². The first-order valence-electron chi connectivity index (χ1n) is 17.7. The zero-order valence-electron chi connectivity index (χ0n) is 28.3. The number of para-hydroxylation sites is 2. The number of rotatable bonds is 6. The van der Waals surface area contributed by atoms with Gasteiger partial charge in [0.2, 0.25) is 0 Å². The van der Waals surface area contributed by atoms with Crippen LogP contribution in [0.3, 0.4) is 0 Å². The Balaban J connectivity index is 1.13. The first-order valence-corrected chi connectivity index (χ1v) is 17.7. The molecule has 2 heterocycles. The maximum absolute atomic E-state index is 6.75. The van der Waals surface area contributed by atoms with Crippen LogP contribution >= 0.6 is 0 Å². The van der Waals surface area contributed by atoms with Crippen molar-refractivity contribution >= 4 is 66.9 Å².